The van der Waals surface area contributed by atoms with Crippen LogP contribution in [0.1, 0.15) is 29.6 Å². The van der Waals surface area contributed by atoms with Crippen LogP contribution in [0.4, 0.5) is 5.69 Å². The maximum Gasteiger partial charge on any atom is 0.340 e. The molecule has 1 heterocycles. The van der Waals surface area contributed by atoms with Crippen molar-refractivity contribution in [3.8, 4) is 5.75 Å². The van der Waals surface area contributed by atoms with Crippen molar-refractivity contribution in [2.75, 3.05) is 32.5 Å². The number of hydrogen-bond donors (Lipinski definition) is 1. The summed E-state index contributed by atoms with van der Waals surface area (Å²) in [6.45, 7) is 1.21. The highest BCUT2D eigenvalue weighted by Crippen LogP contribution is 2.20. The summed E-state index contributed by atoms with van der Waals surface area (Å²) in [5, 5.41) is 0. The number of nitrogens with two attached hydrogens (primary N) is 1. The average Bonchev–Trinajstić information content (AvgIpc) is 2.53. The second-order valence-electron chi connectivity index (χ2n) is 4.97. The van der Waals surface area contributed by atoms with Gasteiger partial charge in [0.1, 0.15) is 5.75 Å². The van der Waals surface area contributed by atoms with Crippen LogP contribution in [0.5, 0.6) is 5.75 Å². The van der Waals surface area contributed by atoms with Crippen LogP contribution >= 0.6 is 0 Å². The summed E-state index contributed by atoms with van der Waals surface area (Å²) >= 11 is 0. The molecular weight excluding hydrogens is 272 g/mol. The highest BCUT2D eigenvalue weighted by molar-refractivity contribution is 5.96. The molecule has 0 radical (unpaired) electrons. The monoisotopic (exact) mass is 292 g/mol. The van der Waals surface area contributed by atoms with Crippen LogP contribution < -0.4 is 10.5 Å². The van der Waals surface area contributed by atoms with Crippen molar-refractivity contribution in [2.24, 2.45) is 0 Å². The van der Waals surface area contributed by atoms with E-state index in [9.17, 15) is 9.59 Å². The maximum absolute atomic E-state index is 12.0. The number of esters is 1. The van der Waals surface area contributed by atoms with Gasteiger partial charge in [-0.3, -0.25) is 4.79 Å². The highest BCUT2D eigenvalue weighted by atomic mass is 16.5. The van der Waals surface area contributed by atoms with E-state index in [1.165, 1.54) is 13.2 Å². The molecule has 1 amide bonds. The van der Waals surface area contributed by atoms with Crippen molar-refractivity contribution < 1.29 is 19.1 Å². The Balaban J connectivity index is 1.93. The molecule has 0 spiro atoms. The first-order chi connectivity index (χ1) is 10.1. The van der Waals surface area contributed by atoms with Gasteiger partial charge in [0.15, 0.2) is 6.61 Å². The minimum Gasteiger partial charge on any atom is -0.497 e. The van der Waals surface area contributed by atoms with E-state index in [0.29, 0.717) is 11.4 Å². The van der Waals surface area contributed by atoms with Crippen molar-refractivity contribution in [3.05, 3.63) is 23.8 Å². The topological polar surface area (TPSA) is 81.9 Å². The summed E-state index contributed by atoms with van der Waals surface area (Å²) in [7, 11) is 1.50. The van der Waals surface area contributed by atoms with Gasteiger partial charge in [-0.05, 0) is 37.5 Å². The molecule has 0 bridgehead atoms. The average molecular weight is 292 g/mol. The number of hydrogen-bond acceptors (Lipinski definition) is 5. The SMILES string of the molecule is COc1ccc(N)c(C(=O)OCC(=O)N2CCCCC2)c1. The predicted molar refractivity (Wildman–Crippen MR) is 78.1 cm³/mol. The van der Waals surface area contributed by atoms with Crippen LogP contribution in [-0.4, -0.2) is 43.6 Å². The van der Waals surface area contributed by atoms with Gasteiger partial charge in [0.05, 0.1) is 12.7 Å². The fourth-order valence-electron chi connectivity index (χ4n) is 2.28. The van der Waals surface area contributed by atoms with Crippen LogP contribution in [0.2, 0.25) is 0 Å². The summed E-state index contributed by atoms with van der Waals surface area (Å²) in [5.41, 5.74) is 6.25. The molecule has 1 aromatic carbocycles. The lowest BCUT2D eigenvalue weighted by Crippen LogP contribution is -2.38. The molecule has 0 aromatic heterocycles. The fraction of sp³-hybridized carbons (Fsp3) is 0.467. The van der Waals surface area contributed by atoms with Crippen LogP contribution in [0.25, 0.3) is 0 Å². The Bertz CT molecular complexity index is 524. The van der Waals surface area contributed by atoms with E-state index < -0.39 is 5.97 Å². The second-order valence-corrected chi connectivity index (χ2v) is 4.97. The third kappa shape index (κ3) is 3.87. The number of carbonyl (C=O) groups excluding carboxylic acids is 2. The van der Waals surface area contributed by atoms with Gasteiger partial charge in [0.2, 0.25) is 0 Å². The van der Waals surface area contributed by atoms with Crippen molar-refractivity contribution >= 4 is 17.6 Å². The quantitative estimate of drug-likeness (QED) is 0.671. The van der Waals surface area contributed by atoms with E-state index >= 15 is 0 Å². The molecule has 0 unspecified atom stereocenters. The van der Waals surface area contributed by atoms with Crippen molar-refractivity contribution in [2.45, 2.75) is 19.3 Å². The molecule has 2 rings (SSSR count). The number of ether oxygens (including phenoxy) is 2. The molecule has 21 heavy (non-hydrogen) atoms. The Morgan fingerprint density at radius 3 is 2.62 bits per heavy atom. The van der Waals surface area contributed by atoms with Gasteiger partial charge in [-0.2, -0.15) is 0 Å². The first-order valence-electron chi connectivity index (χ1n) is 7.00. The molecule has 114 valence electrons. The Morgan fingerprint density at radius 1 is 1.24 bits per heavy atom. The van der Waals surface area contributed by atoms with Gasteiger partial charge in [0.25, 0.3) is 5.91 Å². The van der Waals surface area contributed by atoms with E-state index in [-0.39, 0.29) is 18.1 Å². The van der Waals surface area contributed by atoms with Gasteiger partial charge in [-0.15, -0.1) is 0 Å². The van der Waals surface area contributed by atoms with Gasteiger partial charge in [-0.1, -0.05) is 0 Å². The predicted octanol–water partition coefficient (Wildman–Crippen LogP) is 1.45. The van der Waals surface area contributed by atoms with Gasteiger partial charge in [-0.25, -0.2) is 4.79 Å². The van der Waals surface area contributed by atoms with E-state index in [4.69, 9.17) is 15.2 Å². The molecule has 1 saturated heterocycles. The number of benzene rings is 1. The number of amides is 1. The second kappa shape index (κ2) is 6.97. The van der Waals surface area contributed by atoms with Crippen LogP contribution in [0.15, 0.2) is 18.2 Å². The Morgan fingerprint density at radius 2 is 1.95 bits per heavy atom. The molecule has 2 N–H and O–H groups in total. The maximum atomic E-state index is 12.0. The molecule has 6 heteroatoms. The minimum absolute atomic E-state index is 0.162. The summed E-state index contributed by atoms with van der Waals surface area (Å²) in [4.78, 5) is 25.7. The third-order valence-electron chi connectivity index (χ3n) is 3.52. The van der Waals surface area contributed by atoms with Gasteiger partial charge < -0.3 is 20.1 Å². The Labute approximate surface area is 123 Å². The molecule has 1 aromatic rings. The number of nitrogens with zero attached hydrogens (tertiary/aromatic N) is 1. The molecule has 1 aliphatic rings. The number of anilines is 1. The number of nitrogen functional groups attached to an aromatic ring is 1. The number of piperidine rings is 1. The Kier molecular flexibility index (Phi) is 5.03. The smallest absolute Gasteiger partial charge is 0.340 e. The zero-order valence-electron chi connectivity index (χ0n) is 12.1. The number of carbonyl (C=O) groups is 2. The third-order valence-corrected chi connectivity index (χ3v) is 3.52. The zero-order chi connectivity index (χ0) is 15.2. The lowest BCUT2D eigenvalue weighted by atomic mass is 10.1. The largest absolute Gasteiger partial charge is 0.497 e. The van der Waals surface area contributed by atoms with E-state index in [1.54, 1.807) is 17.0 Å². The van der Waals surface area contributed by atoms with E-state index in [0.717, 1.165) is 32.4 Å². The summed E-state index contributed by atoms with van der Waals surface area (Å²) in [6.07, 6.45) is 3.15. The zero-order valence-corrected chi connectivity index (χ0v) is 12.1. The summed E-state index contributed by atoms with van der Waals surface area (Å²) < 4.78 is 10.1. The standard InChI is InChI=1S/C15H20N2O4/c1-20-11-5-6-13(16)12(9-11)15(19)21-10-14(18)17-7-3-2-4-8-17/h5-6,9H,2-4,7-8,10,16H2,1H3. The molecule has 6 nitrogen and oxygen atoms in total. The van der Waals surface area contributed by atoms with Gasteiger partial charge in [0, 0.05) is 18.8 Å². The lowest BCUT2D eigenvalue weighted by Gasteiger charge is -2.26. The molecule has 0 atom stereocenters. The molecule has 1 fully saturated rings. The Hall–Kier alpha value is -2.24. The first-order valence-corrected chi connectivity index (χ1v) is 7.00. The van der Waals surface area contributed by atoms with Crippen molar-refractivity contribution in [1.29, 1.82) is 0 Å². The molecule has 0 saturated carbocycles. The molecular formula is C15H20N2O4. The number of rotatable bonds is 4. The first kappa shape index (κ1) is 15.2. The van der Waals surface area contributed by atoms with Crippen LogP contribution in [0, 0.1) is 0 Å². The molecule has 0 aliphatic carbocycles. The van der Waals surface area contributed by atoms with E-state index in [1.807, 2.05) is 0 Å². The van der Waals surface area contributed by atoms with Gasteiger partial charge >= 0.3 is 5.97 Å². The van der Waals surface area contributed by atoms with E-state index in [2.05, 4.69) is 0 Å². The van der Waals surface area contributed by atoms with Crippen LogP contribution in [-0.2, 0) is 9.53 Å². The lowest BCUT2D eigenvalue weighted by molar-refractivity contribution is -0.135. The normalized spacial score (nSPS) is 14.6. The van der Waals surface area contributed by atoms with Crippen molar-refractivity contribution in [1.82, 2.24) is 4.90 Å². The van der Waals surface area contributed by atoms with Crippen molar-refractivity contribution in [3.63, 3.8) is 0 Å². The molecule has 1 aliphatic heterocycles. The minimum atomic E-state index is -0.614. The number of likely N-dealkylation sites (tertiary alicyclic amines) is 1. The summed E-state index contributed by atoms with van der Waals surface area (Å²) in [6, 6.07) is 4.73. The summed E-state index contributed by atoms with van der Waals surface area (Å²) in [5.74, 6) is -0.264. The highest BCUT2D eigenvalue weighted by Gasteiger charge is 2.19. The van der Waals surface area contributed by atoms with Crippen LogP contribution in [0.3, 0.4) is 0 Å². The fourth-order valence-corrected chi connectivity index (χ4v) is 2.28. The number of methoxy groups -OCH3 is 1.